The number of nitrogens with two attached hydrogens (primary N) is 2. The van der Waals surface area contributed by atoms with Crippen molar-refractivity contribution in [3.8, 4) is 17.1 Å². The van der Waals surface area contributed by atoms with E-state index in [-0.39, 0.29) is 58.9 Å². The fourth-order valence-corrected chi connectivity index (χ4v) is 4.10. The zero-order valence-electron chi connectivity index (χ0n) is 21.8. The van der Waals surface area contributed by atoms with Crippen molar-refractivity contribution in [1.29, 1.82) is 0 Å². The van der Waals surface area contributed by atoms with Gasteiger partial charge in [0.15, 0.2) is 17.3 Å². The molecule has 0 spiro atoms. The maximum Gasteiger partial charge on any atom is 0.435 e. The van der Waals surface area contributed by atoms with Crippen LogP contribution < -0.4 is 16.8 Å². The van der Waals surface area contributed by atoms with E-state index in [4.69, 9.17) is 27.9 Å². The van der Waals surface area contributed by atoms with Gasteiger partial charge in [0.2, 0.25) is 0 Å². The average molecular weight is 592 g/mol. The highest BCUT2D eigenvalue weighted by atomic mass is 35.5. The number of nitrogens with zero attached hydrogens (tertiary/aromatic N) is 6. The Morgan fingerprint density at radius 2 is 1.93 bits per heavy atom. The third-order valence-corrected chi connectivity index (χ3v) is 6.10. The van der Waals surface area contributed by atoms with Gasteiger partial charge in [0.05, 0.1) is 46.5 Å². The fraction of sp³-hybridized carbons (Fsp3) is 0.240. The van der Waals surface area contributed by atoms with Gasteiger partial charge in [-0.1, -0.05) is 11.6 Å². The standard InChI is InChI=1S/C25H25ClF3N9O3/c1-3-38(41-9-8-30)24(40)16-6-5-15(10-18(16)26)34-23(39)22-33-12-19(36(22)2)17-13-37(35-21(17)25(27,28)29)20-7-4-14(31)11-32-20/h4-7,10-13H,3,8-9,30-31H2,1-2H3,(H,34,39). The van der Waals surface area contributed by atoms with E-state index < -0.39 is 23.7 Å². The highest BCUT2D eigenvalue weighted by Gasteiger charge is 2.39. The molecule has 0 saturated heterocycles. The van der Waals surface area contributed by atoms with E-state index in [1.807, 2.05) is 0 Å². The summed E-state index contributed by atoms with van der Waals surface area (Å²) in [7, 11) is 1.39. The molecule has 216 valence electrons. The van der Waals surface area contributed by atoms with E-state index >= 15 is 0 Å². The first-order chi connectivity index (χ1) is 19.4. The highest BCUT2D eigenvalue weighted by molar-refractivity contribution is 6.34. The van der Waals surface area contributed by atoms with Crippen LogP contribution in [-0.2, 0) is 18.1 Å². The Labute approximate surface area is 236 Å². The molecule has 5 N–H and O–H groups in total. The maximum absolute atomic E-state index is 13.9. The lowest BCUT2D eigenvalue weighted by Crippen LogP contribution is -2.33. The molecule has 0 aliphatic heterocycles. The van der Waals surface area contributed by atoms with Gasteiger partial charge in [0, 0.05) is 32.0 Å². The minimum Gasteiger partial charge on any atom is -0.397 e. The van der Waals surface area contributed by atoms with Gasteiger partial charge < -0.3 is 21.4 Å². The Bertz CT molecular complexity index is 1570. The summed E-state index contributed by atoms with van der Waals surface area (Å²) in [6, 6.07) is 7.12. The number of hydrogen-bond acceptors (Lipinski definition) is 8. The van der Waals surface area contributed by atoms with Crippen molar-refractivity contribution in [3.05, 3.63) is 71.0 Å². The van der Waals surface area contributed by atoms with Crippen LogP contribution in [0.3, 0.4) is 0 Å². The molecule has 0 fully saturated rings. The summed E-state index contributed by atoms with van der Waals surface area (Å²) in [5, 5.41) is 7.42. The number of alkyl halides is 3. The fourth-order valence-electron chi connectivity index (χ4n) is 3.84. The van der Waals surface area contributed by atoms with Crippen LogP contribution in [0.4, 0.5) is 24.5 Å². The molecule has 0 unspecified atom stereocenters. The Balaban J connectivity index is 1.59. The first-order valence-electron chi connectivity index (χ1n) is 12.1. The number of anilines is 2. The number of halogens is 4. The number of nitrogens with one attached hydrogen (secondary N) is 1. The van der Waals surface area contributed by atoms with Gasteiger partial charge in [-0.05, 0) is 37.3 Å². The summed E-state index contributed by atoms with van der Waals surface area (Å²) in [6.07, 6.45) is -1.23. The van der Waals surface area contributed by atoms with Crippen LogP contribution in [0.5, 0.6) is 0 Å². The van der Waals surface area contributed by atoms with Crippen LogP contribution in [0.1, 0.15) is 33.6 Å². The molecule has 4 aromatic rings. The molecule has 3 heterocycles. The van der Waals surface area contributed by atoms with Gasteiger partial charge in [-0.3, -0.25) is 14.4 Å². The molecule has 3 aromatic heterocycles. The van der Waals surface area contributed by atoms with E-state index in [9.17, 15) is 22.8 Å². The Kier molecular flexibility index (Phi) is 8.60. The molecular weight excluding hydrogens is 567 g/mol. The SMILES string of the molecule is CCN(OCCN)C(=O)c1ccc(NC(=O)c2ncc(-c3cn(-c4ccc(N)cn4)nc3C(F)(F)F)n2C)cc1Cl. The second-order valence-electron chi connectivity index (χ2n) is 8.58. The van der Waals surface area contributed by atoms with Gasteiger partial charge in [0.25, 0.3) is 11.8 Å². The second-order valence-corrected chi connectivity index (χ2v) is 8.99. The summed E-state index contributed by atoms with van der Waals surface area (Å²) < 4.78 is 43.9. The predicted octanol–water partition coefficient (Wildman–Crippen LogP) is 3.53. The quantitative estimate of drug-likeness (QED) is 0.249. The number of imidazole rings is 1. The predicted molar refractivity (Wildman–Crippen MR) is 144 cm³/mol. The number of benzene rings is 1. The van der Waals surface area contributed by atoms with Gasteiger partial charge in [-0.15, -0.1) is 0 Å². The molecule has 4 rings (SSSR count). The third kappa shape index (κ3) is 6.32. The molecule has 0 aliphatic carbocycles. The zero-order valence-corrected chi connectivity index (χ0v) is 22.6. The van der Waals surface area contributed by atoms with Crippen molar-refractivity contribution in [3.63, 3.8) is 0 Å². The highest BCUT2D eigenvalue weighted by Crippen LogP contribution is 2.37. The number of nitrogen functional groups attached to an aromatic ring is 1. The normalized spacial score (nSPS) is 11.5. The minimum absolute atomic E-state index is 0.0136. The molecule has 0 aliphatic rings. The molecule has 16 heteroatoms. The molecule has 41 heavy (non-hydrogen) atoms. The molecule has 0 saturated carbocycles. The van der Waals surface area contributed by atoms with Crippen LogP contribution in [-0.4, -0.2) is 60.9 Å². The monoisotopic (exact) mass is 591 g/mol. The molecule has 2 amide bonds. The molecule has 0 atom stereocenters. The first-order valence-corrected chi connectivity index (χ1v) is 12.5. The molecule has 0 bridgehead atoms. The summed E-state index contributed by atoms with van der Waals surface area (Å²) in [6.45, 7) is 2.33. The topological polar surface area (TPSA) is 159 Å². The van der Waals surface area contributed by atoms with Gasteiger partial charge in [-0.25, -0.2) is 19.7 Å². The third-order valence-electron chi connectivity index (χ3n) is 5.79. The molecular formula is C25H25ClF3N9O3. The number of hydrogen-bond donors (Lipinski definition) is 3. The van der Waals surface area contributed by atoms with Crippen molar-refractivity contribution in [2.45, 2.75) is 13.1 Å². The molecule has 12 nitrogen and oxygen atoms in total. The molecule has 0 radical (unpaired) electrons. The van der Waals surface area contributed by atoms with Gasteiger partial charge in [-0.2, -0.15) is 18.3 Å². The van der Waals surface area contributed by atoms with Crippen LogP contribution >= 0.6 is 11.6 Å². The smallest absolute Gasteiger partial charge is 0.397 e. The summed E-state index contributed by atoms with van der Waals surface area (Å²) in [5.74, 6) is -1.29. The van der Waals surface area contributed by atoms with Gasteiger partial charge >= 0.3 is 6.18 Å². The lowest BCUT2D eigenvalue weighted by atomic mass is 10.2. The van der Waals surface area contributed by atoms with Crippen LogP contribution in [0.15, 0.2) is 48.9 Å². The molecule has 1 aromatic carbocycles. The second kappa shape index (κ2) is 12.0. The number of carbonyl (C=O) groups excluding carboxylic acids is 2. The zero-order chi connectivity index (χ0) is 29.9. The number of aromatic nitrogens is 5. The van der Waals surface area contributed by atoms with Gasteiger partial charge in [0.1, 0.15) is 0 Å². The largest absolute Gasteiger partial charge is 0.435 e. The van der Waals surface area contributed by atoms with E-state index in [0.29, 0.717) is 5.69 Å². The lowest BCUT2D eigenvalue weighted by Gasteiger charge is -2.20. The Morgan fingerprint density at radius 3 is 2.54 bits per heavy atom. The van der Waals surface area contributed by atoms with Crippen LogP contribution in [0, 0.1) is 0 Å². The number of carbonyl (C=O) groups is 2. The first kappa shape index (κ1) is 29.5. The van der Waals surface area contributed by atoms with E-state index in [1.54, 1.807) is 6.92 Å². The van der Waals surface area contributed by atoms with Crippen molar-refractivity contribution in [2.24, 2.45) is 12.8 Å². The summed E-state index contributed by atoms with van der Waals surface area (Å²) >= 11 is 6.30. The maximum atomic E-state index is 13.9. The van der Waals surface area contributed by atoms with Crippen LogP contribution in [0.2, 0.25) is 5.02 Å². The average Bonchev–Trinajstić information content (AvgIpc) is 3.53. The van der Waals surface area contributed by atoms with Crippen molar-refractivity contribution in [2.75, 3.05) is 30.7 Å². The van der Waals surface area contributed by atoms with E-state index in [0.717, 1.165) is 22.1 Å². The lowest BCUT2D eigenvalue weighted by molar-refractivity contribution is -0.140. The summed E-state index contributed by atoms with van der Waals surface area (Å²) in [5.41, 5.74) is 10.2. The Morgan fingerprint density at radius 1 is 1.17 bits per heavy atom. The summed E-state index contributed by atoms with van der Waals surface area (Å²) in [4.78, 5) is 39.1. The van der Waals surface area contributed by atoms with Crippen molar-refractivity contribution >= 4 is 34.8 Å². The van der Waals surface area contributed by atoms with E-state index in [2.05, 4.69) is 20.4 Å². The van der Waals surface area contributed by atoms with Crippen LogP contribution in [0.25, 0.3) is 17.1 Å². The van der Waals surface area contributed by atoms with Crippen molar-refractivity contribution < 1.29 is 27.6 Å². The number of pyridine rings is 1. The van der Waals surface area contributed by atoms with Crippen molar-refractivity contribution in [1.82, 2.24) is 29.4 Å². The minimum atomic E-state index is -4.81. The Hall–Kier alpha value is -4.47. The van der Waals surface area contributed by atoms with E-state index in [1.165, 1.54) is 48.1 Å². The number of rotatable bonds is 9. The number of amides is 2. The number of hydroxylamine groups is 2.